The molecule has 4 nitrogen and oxygen atoms in total. The quantitative estimate of drug-likeness (QED) is 0.512. The van der Waals surface area contributed by atoms with E-state index in [0.717, 1.165) is 24.5 Å². The molecule has 1 aromatic carbocycles. The molecule has 3 rings (SSSR count). The Balaban J connectivity index is 0.000000228. The Kier molecular flexibility index (Phi) is 9.81. The fourth-order valence-corrected chi connectivity index (χ4v) is 3.22. The summed E-state index contributed by atoms with van der Waals surface area (Å²) >= 11 is 0. The second-order valence-electron chi connectivity index (χ2n) is 7.77. The summed E-state index contributed by atoms with van der Waals surface area (Å²) in [6.45, 7) is 3.98. The summed E-state index contributed by atoms with van der Waals surface area (Å²) in [6.07, 6.45) is 6.30. The van der Waals surface area contributed by atoms with E-state index in [9.17, 15) is 22.4 Å². The van der Waals surface area contributed by atoms with E-state index in [4.69, 9.17) is 4.74 Å². The van der Waals surface area contributed by atoms with Crippen molar-refractivity contribution in [3.05, 3.63) is 65.8 Å². The molecule has 0 bridgehead atoms. The topological polar surface area (TPSA) is 47.6 Å². The smallest absolute Gasteiger partial charge is 0.490 e. The van der Waals surface area contributed by atoms with Gasteiger partial charge >= 0.3 is 6.36 Å². The molecule has 8 heteroatoms. The highest BCUT2D eigenvalue weighted by Gasteiger charge is 2.31. The largest absolute Gasteiger partial charge is 0.573 e. The van der Waals surface area contributed by atoms with Crippen LogP contribution in [0.25, 0.3) is 0 Å². The number of allylic oxidation sites excluding steroid dienone is 4. The molecule has 0 aromatic heterocycles. The van der Waals surface area contributed by atoms with Crippen LogP contribution in [0.3, 0.4) is 0 Å². The number of alkyl halides is 3. The molecule has 32 heavy (non-hydrogen) atoms. The molecule has 1 N–H and O–H groups in total. The second kappa shape index (κ2) is 12.3. The number of hydrogen-bond donors (Lipinski definition) is 1. The fraction of sp³-hybridized carbons (Fsp3) is 0.458. The molecule has 1 fully saturated rings. The zero-order valence-electron chi connectivity index (χ0n) is 18.3. The third-order valence-electron chi connectivity index (χ3n) is 5.00. The van der Waals surface area contributed by atoms with Gasteiger partial charge in [0.15, 0.2) is 0 Å². The van der Waals surface area contributed by atoms with Crippen molar-refractivity contribution in [1.29, 1.82) is 0 Å². The third kappa shape index (κ3) is 10.0. The van der Waals surface area contributed by atoms with Crippen LogP contribution in [-0.4, -0.2) is 18.4 Å². The number of nitrogens with one attached hydrogen (secondary N) is 1. The Labute approximate surface area is 186 Å². The van der Waals surface area contributed by atoms with Gasteiger partial charge in [-0.25, -0.2) is 4.39 Å². The number of halogens is 4. The van der Waals surface area contributed by atoms with Gasteiger partial charge in [-0.3, -0.25) is 4.79 Å². The van der Waals surface area contributed by atoms with Gasteiger partial charge in [-0.1, -0.05) is 19.9 Å². The molecule has 176 valence electrons. The van der Waals surface area contributed by atoms with Crippen LogP contribution < -0.4 is 10.1 Å². The van der Waals surface area contributed by atoms with Gasteiger partial charge in [0.05, 0.1) is 6.10 Å². The Morgan fingerprint density at radius 3 is 2.34 bits per heavy atom. The molecule has 0 heterocycles. The highest BCUT2D eigenvalue weighted by molar-refractivity contribution is 5.77. The summed E-state index contributed by atoms with van der Waals surface area (Å²) in [5.41, 5.74) is 0.536. The van der Waals surface area contributed by atoms with E-state index in [1.807, 2.05) is 0 Å². The van der Waals surface area contributed by atoms with Crippen LogP contribution in [-0.2, 0) is 9.53 Å². The Bertz CT molecular complexity index is 821. The molecule has 2 aliphatic rings. The Morgan fingerprint density at radius 2 is 1.75 bits per heavy atom. The van der Waals surface area contributed by atoms with Crippen LogP contribution in [0.1, 0.15) is 52.4 Å². The lowest BCUT2D eigenvalue weighted by molar-refractivity contribution is -0.303. The highest BCUT2D eigenvalue weighted by atomic mass is 19.4. The van der Waals surface area contributed by atoms with E-state index in [1.165, 1.54) is 49.3 Å². The first-order chi connectivity index (χ1) is 15.1. The third-order valence-corrected chi connectivity index (χ3v) is 5.00. The van der Waals surface area contributed by atoms with Crippen LogP contribution in [0.4, 0.5) is 17.6 Å². The molecule has 1 amide bonds. The predicted molar refractivity (Wildman–Crippen MR) is 114 cm³/mol. The molecule has 0 saturated heterocycles. The first-order valence-corrected chi connectivity index (χ1v) is 10.7. The first kappa shape index (κ1) is 25.5. The summed E-state index contributed by atoms with van der Waals surface area (Å²) in [7, 11) is 0. The van der Waals surface area contributed by atoms with Crippen molar-refractivity contribution in [3.63, 3.8) is 0 Å². The highest BCUT2D eigenvalue weighted by Crippen LogP contribution is 2.27. The molecule has 0 radical (unpaired) electrons. The van der Waals surface area contributed by atoms with Crippen molar-refractivity contribution in [1.82, 2.24) is 5.32 Å². The van der Waals surface area contributed by atoms with Crippen molar-refractivity contribution in [2.45, 2.75) is 64.8 Å². The van der Waals surface area contributed by atoms with Gasteiger partial charge < -0.3 is 14.8 Å². The number of rotatable bonds is 5. The van der Waals surface area contributed by atoms with Crippen LogP contribution in [0.2, 0.25) is 0 Å². The van der Waals surface area contributed by atoms with Crippen molar-refractivity contribution in [2.75, 3.05) is 0 Å². The maximum atomic E-state index is 12.7. The van der Waals surface area contributed by atoms with Crippen LogP contribution in [0.5, 0.6) is 5.75 Å². The normalized spacial score (nSPS) is 20.7. The van der Waals surface area contributed by atoms with Crippen LogP contribution >= 0.6 is 0 Å². The average molecular weight is 455 g/mol. The van der Waals surface area contributed by atoms with E-state index < -0.39 is 6.36 Å². The van der Waals surface area contributed by atoms with E-state index in [2.05, 4.69) is 17.0 Å². The summed E-state index contributed by atoms with van der Waals surface area (Å²) in [4.78, 5) is 11.1. The molecule has 0 unspecified atom stereocenters. The lowest BCUT2D eigenvalue weighted by Gasteiger charge is -2.26. The molecule has 1 aromatic rings. The van der Waals surface area contributed by atoms with Crippen LogP contribution in [0, 0.1) is 11.7 Å². The van der Waals surface area contributed by atoms with Gasteiger partial charge in [0.2, 0.25) is 5.91 Å². The van der Waals surface area contributed by atoms with E-state index in [-0.39, 0.29) is 17.5 Å². The lowest BCUT2D eigenvalue weighted by atomic mass is 9.89. The number of hydrogen-bond acceptors (Lipinski definition) is 3. The monoisotopic (exact) mass is 455 g/mol. The average Bonchev–Trinajstić information content (AvgIpc) is 2.95. The molecule has 0 atom stereocenters. The number of benzene rings is 1. The summed E-state index contributed by atoms with van der Waals surface area (Å²) in [5.74, 6) is 0.921. The van der Waals surface area contributed by atoms with Crippen LogP contribution in [0.15, 0.2) is 60.0 Å². The maximum absolute atomic E-state index is 12.7. The minimum atomic E-state index is -4.71. The van der Waals surface area contributed by atoms with Gasteiger partial charge in [0.1, 0.15) is 17.3 Å². The van der Waals surface area contributed by atoms with Crippen molar-refractivity contribution >= 4 is 5.91 Å². The molecule has 0 aliphatic heterocycles. The SMILES string of the molecule is CC1CCC(Oc2ccc(F)cc2)CC1.CCC(=O)NC1=CC=C(OC(F)(F)F)C=CC1. The molecule has 0 spiro atoms. The van der Waals surface area contributed by atoms with Crippen molar-refractivity contribution < 1.29 is 31.8 Å². The van der Waals surface area contributed by atoms with Gasteiger partial charge in [0.25, 0.3) is 0 Å². The zero-order valence-corrected chi connectivity index (χ0v) is 18.3. The first-order valence-electron chi connectivity index (χ1n) is 10.7. The van der Waals surface area contributed by atoms with Crippen molar-refractivity contribution in [2.24, 2.45) is 5.92 Å². The number of carbonyl (C=O) groups excluding carboxylic acids is 1. The molecular formula is C24H29F4NO3. The molecule has 2 aliphatic carbocycles. The Hall–Kier alpha value is -2.77. The second-order valence-corrected chi connectivity index (χ2v) is 7.77. The summed E-state index contributed by atoms with van der Waals surface area (Å²) < 4.78 is 58.0. The fourth-order valence-electron chi connectivity index (χ4n) is 3.22. The standard InChI is InChI=1S/C13H17FO.C11H12F3NO2/c1-10-2-6-12(7-3-10)15-13-8-4-11(14)5-9-13;1-2-10(16)15-8-4-3-5-9(7-6-8)17-11(12,13)14/h4-5,8-10,12H,2-3,6-7H2,1H3;3,5-7H,2,4H2,1H3,(H,15,16). The molecule has 1 saturated carbocycles. The maximum Gasteiger partial charge on any atom is 0.573 e. The lowest BCUT2D eigenvalue weighted by Crippen LogP contribution is -2.22. The van der Waals surface area contributed by atoms with Gasteiger partial charge in [-0.15, -0.1) is 13.2 Å². The van der Waals surface area contributed by atoms with E-state index in [1.54, 1.807) is 19.1 Å². The number of amides is 1. The van der Waals surface area contributed by atoms with Gasteiger partial charge in [-0.2, -0.15) is 0 Å². The zero-order chi connectivity index (χ0) is 23.6. The van der Waals surface area contributed by atoms with Crippen molar-refractivity contribution in [3.8, 4) is 5.75 Å². The van der Waals surface area contributed by atoms with Gasteiger partial charge in [-0.05, 0) is 74.1 Å². The number of carbonyl (C=O) groups is 1. The minimum absolute atomic E-state index is 0.182. The Morgan fingerprint density at radius 1 is 1.09 bits per heavy atom. The van der Waals surface area contributed by atoms with E-state index in [0.29, 0.717) is 24.6 Å². The number of ether oxygens (including phenoxy) is 2. The van der Waals surface area contributed by atoms with Gasteiger partial charge in [0, 0.05) is 18.5 Å². The minimum Gasteiger partial charge on any atom is -0.490 e. The molecular weight excluding hydrogens is 426 g/mol. The summed E-state index contributed by atoms with van der Waals surface area (Å²) in [5, 5.41) is 2.58. The van der Waals surface area contributed by atoms with E-state index >= 15 is 0 Å². The predicted octanol–water partition coefficient (Wildman–Crippen LogP) is 6.56. The summed E-state index contributed by atoms with van der Waals surface area (Å²) in [6, 6.07) is 6.29.